The van der Waals surface area contributed by atoms with Gasteiger partial charge in [0.1, 0.15) is 6.61 Å². The molecule has 0 aliphatic carbocycles. The summed E-state index contributed by atoms with van der Waals surface area (Å²) >= 11 is 5.58. The van der Waals surface area contributed by atoms with E-state index < -0.39 is 6.09 Å². The van der Waals surface area contributed by atoms with Crippen LogP contribution in [0, 0.1) is 0 Å². The molecule has 2 N–H and O–H groups in total. The van der Waals surface area contributed by atoms with E-state index in [2.05, 4.69) is 10.5 Å². The molecule has 0 heterocycles. The van der Waals surface area contributed by atoms with Crippen molar-refractivity contribution >= 4 is 17.7 Å². The summed E-state index contributed by atoms with van der Waals surface area (Å²) in [5.74, 6) is 0. The molecule has 0 bridgehead atoms. The van der Waals surface area contributed by atoms with E-state index in [1.807, 2.05) is 6.92 Å². The Labute approximate surface area is 59.1 Å². The van der Waals surface area contributed by atoms with E-state index in [-0.39, 0.29) is 12.0 Å². The molecular weight excluding hydrogens is 142 g/mol. The zero-order chi connectivity index (χ0) is 7.28. The summed E-state index contributed by atoms with van der Waals surface area (Å²) in [6.07, 6.45) is 0.00330. The van der Waals surface area contributed by atoms with Crippen molar-refractivity contribution in [3.8, 4) is 0 Å². The lowest BCUT2D eigenvalue weighted by atomic mass is 10.3. The predicted molar refractivity (Wildman–Crippen MR) is 35.5 cm³/mol. The molecule has 0 spiro atoms. The molecular formula is C5H10ClNO2. The van der Waals surface area contributed by atoms with E-state index in [0.717, 1.165) is 6.42 Å². The third-order valence-corrected chi connectivity index (χ3v) is 1.28. The lowest BCUT2D eigenvalue weighted by molar-refractivity contribution is 0.156. The molecule has 0 rings (SSSR count). The van der Waals surface area contributed by atoms with Crippen LogP contribution in [0.5, 0.6) is 0 Å². The standard InChI is InChI=1S/C5H10ClNO2/c1-2-4(6)3-9-5(7)8/h4H,2-3H2,1H3,(H2,7,8)/t4-/m1/s1. The van der Waals surface area contributed by atoms with Gasteiger partial charge < -0.3 is 10.5 Å². The maximum absolute atomic E-state index is 9.96. The second kappa shape index (κ2) is 4.44. The van der Waals surface area contributed by atoms with Gasteiger partial charge in [-0.15, -0.1) is 11.6 Å². The monoisotopic (exact) mass is 151 g/mol. The van der Waals surface area contributed by atoms with E-state index >= 15 is 0 Å². The number of ether oxygens (including phenoxy) is 1. The average Bonchev–Trinajstić information content (AvgIpc) is 1.83. The van der Waals surface area contributed by atoms with Crippen LogP contribution < -0.4 is 5.73 Å². The third-order valence-electron chi connectivity index (χ3n) is 0.849. The minimum atomic E-state index is -0.769. The highest BCUT2D eigenvalue weighted by Crippen LogP contribution is 2.00. The molecule has 4 heteroatoms. The van der Waals surface area contributed by atoms with Crippen LogP contribution >= 0.6 is 11.6 Å². The highest BCUT2D eigenvalue weighted by atomic mass is 35.5. The van der Waals surface area contributed by atoms with Crippen molar-refractivity contribution < 1.29 is 9.53 Å². The number of nitrogens with two attached hydrogens (primary N) is 1. The predicted octanol–water partition coefficient (Wildman–Crippen LogP) is 1.10. The van der Waals surface area contributed by atoms with Gasteiger partial charge in [0.05, 0.1) is 5.38 Å². The fraction of sp³-hybridized carbons (Fsp3) is 0.800. The number of primary amides is 1. The minimum Gasteiger partial charge on any atom is -0.448 e. The molecule has 9 heavy (non-hydrogen) atoms. The molecule has 0 aromatic heterocycles. The van der Waals surface area contributed by atoms with E-state index in [1.165, 1.54) is 0 Å². The Morgan fingerprint density at radius 1 is 1.89 bits per heavy atom. The van der Waals surface area contributed by atoms with Crippen molar-refractivity contribution in [1.82, 2.24) is 0 Å². The topological polar surface area (TPSA) is 52.3 Å². The smallest absolute Gasteiger partial charge is 0.404 e. The summed E-state index contributed by atoms with van der Waals surface area (Å²) in [6.45, 7) is 2.11. The average molecular weight is 152 g/mol. The Morgan fingerprint density at radius 2 is 2.44 bits per heavy atom. The Kier molecular flexibility index (Phi) is 4.22. The molecule has 54 valence electrons. The first-order valence-electron chi connectivity index (χ1n) is 2.73. The molecule has 0 unspecified atom stereocenters. The summed E-state index contributed by atoms with van der Waals surface area (Å²) < 4.78 is 4.40. The van der Waals surface area contributed by atoms with Gasteiger partial charge in [-0.05, 0) is 6.42 Å². The third kappa shape index (κ3) is 5.43. The molecule has 0 aliphatic rings. The fourth-order valence-corrected chi connectivity index (χ4v) is 0.353. The molecule has 1 amide bonds. The Balaban J connectivity index is 3.16. The van der Waals surface area contributed by atoms with Crippen molar-refractivity contribution in [2.45, 2.75) is 18.7 Å². The van der Waals surface area contributed by atoms with Crippen LogP contribution in [0.25, 0.3) is 0 Å². The Bertz CT molecular complexity index is 97.0. The summed E-state index contributed by atoms with van der Waals surface area (Å²) in [7, 11) is 0. The van der Waals surface area contributed by atoms with Crippen molar-refractivity contribution in [1.29, 1.82) is 0 Å². The SMILES string of the molecule is CC[C@@H](Cl)COC(N)=O. The first-order chi connectivity index (χ1) is 4.16. The summed E-state index contributed by atoms with van der Waals surface area (Å²) in [6, 6.07) is 0. The van der Waals surface area contributed by atoms with Gasteiger partial charge in [-0.1, -0.05) is 6.92 Å². The van der Waals surface area contributed by atoms with Crippen LogP contribution in [0.4, 0.5) is 4.79 Å². The van der Waals surface area contributed by atoms with Crippen LogP contribution in [0.2, 0.25) is 0 Å². The normalized spacial score (nSPS) is 12.7. The number of amides is 1. The lowest BCUT2D eigenvalue weighted by Gasteiger charge is -2.03. The van der Waals surface area contributed by atoms with E-state index in [9.17, 15) is 4.79 Å². The summed E-state index contributed by atoms with van der Waals surface area (Å²) in [4.78, 5) is 9.96. The van der Waals surface area contributed by atoms with Crippen molar-refractivity contribution in [3.63, 3.8) is 0 Å². The second-order valence-electron chi connectivity index (χ2n) is 1.64. The van der Waals surface area contributed by atoms with Crippen LogP contribution in [0.15, 0.2) is 0 Å². The van der Waals surface area contributed by atoms with E-state index in [1.54, 1.807) is 0 Å². The zero-order valence-corrected chi connectivity index (χ0v) is 6.02. The number of hydrogen-bond donors (Lipinski definition) is 1. The number of hydrogen-bond acceptors (Lipinski definition) is 2. The summed E-state index contributed by atoms with van der Waals surface area (Å²) in [5, 5.41) is -0.113. The molecule has 0 aliphatic heterocycles. The number of rotatable bonds is 3. The Hall–Kier alpha value is -0.440. The zero-order valence-electron chi connectivity index (χ0n) is 5.26. The van der Waals surface area contributed by atoms with Crippen LogP contribution in [-0.4, -0.2) is 18.1 Å². The van der Waals surface area contributed by atoms with Crippen molar-refractivity contribution in [3.05, 3.63) is 0 Å². The molecule has 0 aromatic carbocycles. The van der Waals surface area contributed by atoms with E-state index in [0.29, 0.717) is 0 Å². The molecule has 3 nitrogen and oxygen atoms in total. The highest BCUT2D eigenvalue weighted by molar-refractivity contribution is 6.20. The highest BCUT2D eigenvalue weighted by Gasteiger charge is 2.02. The molecule has 0 radical (unpaired) electrons. The minimum absolute atomic E-state index is 0.113. The van der Waals surface area contributed by atoms with Gasteiger partial charge >= 0.3 is 6.09 Å². The maximum atomic E-state index is 9.96. The summed E-state index contributed by atoms with van der Waals surface area (Å²) in [5.41, 5.74) is 4.68. The van der Waals surface area contributed by atoms with Gasteiger partial charge in [0.2, 0.25) is 0 Å². The van der Waals surface area contributed by atoms with E-state index in [4.69, 9.17) is 11.6 Å². The van der Waals surface area contributed by atoms with Gasteiger partial charge in [0, 0.05) is 0 Å². The van der Waals surface area contributed by atoms with Gasteiger partial charge in [0.25, 0.3) is 0 Å². The van der Waals surface area contributed by atoms with Gasteiger partial charge in [-0.25, -0.2) is 4.79 Å². The Morgan fingerprint density at radius 3 is 2.78 bits per heavy atom. The van der Waals surface area contributed by atoms with Crippen LogP contribution in [0.1, 0.15) is 13.3 Å². The number of halogens is 1. The first kappa shape index (κ1) is 8.56. The number of alkyl halides is 1. The van der Waals surface area contributed by atoms with Crippen LogP contribution in [-0.2, 0) is 4.74 Å². The molecule has 1 atom stereocenters. The molecule has 0 saturated carbocycles. The van der Waals surface area contributed by atoms with Crippen molar-refractivity contribution in [2.75, 3.05) is 6.61 Å². The molecule has 0 saturated heterocycles. The lowest BCUT2D eigenvalue weighted by Crippen LogP contribution is -2.18. The fourth-order valence-electron chi connectivity index (χ4n) is 0.290. The first-order valence-corrected chi connectivity index (χ1v) is 3.16. The molecule has 0 aromatic rings. The number of carbonyl (C=O) groups is 1. The second-order valence-corrected chi connectivity index (χ2v) is 2.25. The quantitative estimate of drug-likeness (QED) is 0.615. The maximum Gasteiger partial charge on any atom is 0.404 e. The van der Waals surface area contributed by atoms with Gasteiger partial charge in [-0.2, -0.15) is 0 Å². The van der Waals surface area contributed by atoms with Gasteiger partial charge in [-0.3, -0.25) is 0 Å². The largest absolute Gasteiger partial charge is 0.448 e. The molecule has 0 fully saturated rings. The van der Waals surface area contributed by atoms with Crippen LogP contribution in [0.3, 0.4) is 0 Å². The number of carbonyl (C=O) groups excluding carboxylic acids is 1. The van der Waals surface area contributed by atoms with Gasteiger partial charge in [0.15, 0.2) is 0 Å². The van der Waals surface area contributed by atoms with Crippen molar-refractivity contribution in [2.24, 2.45) is 5.73 Å².